The van der Waals surface area contributed by atoms with Gasteiger partial charge in [-0.15, -0.1) is 10.2 Å². The van der Waals surface area contributed by atoms with Gasteiger partial charge in [0.25, 0.3) is 5.56 Å². The summed E-state index contributed by atoms with van der Waals surface area (Å²) in [4.78, 5) is 24.2. The Morgan fingerprint density at radius 3 is 2.62 bits per heavy atom. The maximum absolute atomic E-state index is 12.8. The van der Waals surface area contributed by atoms with E-state index in [2.05, 4.69) is 20.0 Å². The predicted octanol–water partition coefficient (Wildman–Crippen LogP) is 2.89. The summed E-state index contributed by atoms with van der Waals surface area (Å²) in [6, 6.07) is 9.21. The van der Waals surface area contributed by atoms with E-state index in [0.717, 1.165) is 16.8 Å². The highest BCUT2D eigenvalue weighted by molar-refractivity contribution is 6.30. The standard InChI is InChI=1S/C20H18ClN5O3/c1-3-14-17(12-4-6-13(21)7-5-12)19-23-22-18-15(26(19)24-14)8-10-25(20(18)28)11-9-16(27)29-2/h4-8,10H,3,9,11H2,1-2H3. The third kappa shape index (κ3) is 3.36. The molecule has 148 valence electrons. The molecule has 0 spiro atoms. The second kappa shape index (κ2) is 7.63. The molecule has 0 unspecified atom stereocenters. The zero-order chi connectivity index (χ0) is 20.5. The molecule has 0 N–H and O–H groups in total. The summed E-state index contributed by atoms with van der Waals surface area (Å²) in [5.74, 6) is -0.384. The number of benzene rings is 1. The van der Waals surface area contributed by atoms with Gasteiger partial charge in [0, 0.05) is 17.8 Å². The van der Waals surface area contributed by atoms with Gasteiger partial charge >= 0.3 is 5.97 Å². The Kier molecular flexibility index (Phi) is 5.02. The molecule has 0 bridgehead atoms. The Balaban J connectivity index is 1.88. The number of hydrogen-bond acceptors (Lipinski definition) is 6. The van der Waals surface area contributed by atoms with Crippen LogP contribution in [0.15, 0.2) is 41.3 Å². The van der Waals surface area contributed by atoms with E-state index in [1.165, 1.54) is 11.7 Å². The Morgan fingerprint density at radius 2 is 1.93 bits per heavy atom. The first-order valence-electron chi connectivity index (χ1n) is 9.13. The molecule has 0 fully saturated rings. The Hall–Kier alpha value is -3.26. The lowest BCUT2D eigenvalue weighted by Crippen LogP contribution is -2.23. The van der Waals surface area contributed by atoms with Gasteiger partial charge in [-0.25, -0.2) is 4.52 Å². The second-order valence-electron chi connectivity index (χ2n) is 6.49. The van der Waals surface area contributed by atoms with Gasteiger partial charge in [-0.3, -0.25) is 9.59 Å². The van der Waals surface area contributed by atoms with Gasteiger partial charge < -0.3 is 9.30 Å². The summed E-state index contributed by atoms with van der Waals surface area (Å²) < 4.78 is 7.70. The average Bonchev–Trinajstić information content (AvgIpc) is 3.12. The molecule has 3 heterocycles. The van der Waals surface area contributed by atoms with Crippen molar-refractivity contribution in [3.63, 3.8) is 0 Å². The number of carbonyl (C=O) groups excluding carboxylic acids is 1. The van der Waals surface area contributed by atoms with Crippen molar-refractivity contribution in [1.29, 1.82) is 0 Å². The summed E-state index contributed by atoms with van der Waals surface area (Å²) in [6.07, 6.45) is 2.42. The van der Waals surface area contributed by atoms with Crippen molar-refractivity contribution in [2.75, 3.05) is 7.11 Å². The molecule has 0 radical (unpaired) electrons. The number of aromatic nitrogens is 5. The molecule has 29 heavy (non-hydrogen) atoms. The molecule has 0 saturated heterocycles. The summed E-state index contributed by atoms with van der Waals surface area (Å²) in [7, 11) is 1.31. The minimum Gasteiger partial charge on any atom is -0.469 e. The molecule has 3 aromatic heterocycles. The highest BCUT2D eigenvalue weighted by Gasteiger charge is 2.18. The number of methoxy groups -OCH3 is 1. The predicted molar refractivity (Wildman–Crippen MR) is 109 cm³/mol. The zero-order valence-electron chi connectivity index (χ0n) is 15.9. The van der Waals surface area contributed by atoms with E-state index >= 15 is 0 Å². The van der Waals surface area contributed by atoms with Crippen LogP contribution < -0.4 is 5.56 Å². The van der Waals surface area contributed by atoms with Crippen molar-refractivity contribution >= 4 is 34.3 Å². The van der Waals surface area contributed by atoms with E-state index < -0.39 is 0 Å². The van der Waals surface area contributed by atoms with E-state index in [0.29, 0.717) is 22.6 Å². The van der Waals surface area contributed by atoms with Crippen LogP contribution in [0.4, 0.5) is 0 Å². The maximum atomic E-state index is 12.8. The fourth-order valence-corrected chi connectivity index (χ4v) is 3.40. The minimum absolute atomic E-state index is 0.0973. The summed E-state index contributed by atoms with van der Waals surface area (Å²) in [5, 5.41) is 13.8. The first kappa shape index (κ1) is 19.1. The SMILES string of the molecule is CCc1nn2c(nnc3c(=O)n(CCC(=O)OC)ccc32)c1-c1ccc(Cl)cc1. The molecule has 0 aliphatic carbocycles. The van der Waals surface area contributed by atoms with Crippen molar-refractivity contribution in [2.24, 2.45) is 0 Å². The molecule has 0 saturated carbocycles. The Bertz CT molecular complexity index is 1280. The Labute approximate surface area is 170 Å². The van der Waals surface area contributed by atoms with Crippen LogP contribution in [-0.4, -0.2) is 37.5 Å². The molecule has 9 heteroatoms. The van der Waals surface area contributed by atoms with Crippen molar-refractivity contribution < 1.29 is 9.53 Å². The lowest BCUT2D eigenvalue weighted by atomic mass is 10.0. The van der Waals surface area contributed by atoms with E-state index in [-0.39, 0.29) is 30.0 Å². The second-order valence-corrected chi connectivity index (χ2v) is 6.93. The molecular formula is C20H18ClN5O3. The number of aryl methyl sites for hydroxylation is 2. The van der Waals surface area contributed by atoms with Crippen LogP contribution in [-0.2, 0) is 22.5 Å². The quantitative estimate of drug-likeness (QED) is 0.469. The van der Waals surface area contributed by atoms with E-state index in [1.807, 2.05) is 31.2 Å². The van der Waals surface area contributed by atoms with Crippen molar-refractivity contribution in [1.82, 2.24) is 24.4 Å². The summed E-state index contributed by atoms with van der Waals surface area (Å²) >= 11 is 6.02. The van der Waals surface area contributed by atoms with Crippen LogP contribution in [0.2, 0.25) is 5.02 Å². The number of rotatable bonds is 5. The van der Waals surface area contributed by atoms with Crippen molar-refractivity contribution in [2.45, 2.75) is 26.3 Å². The van der Waals surface area contributed by atoms with Gasteiger partial charge in [0.2, 0.25) is 0 Å². The lowest BCUT2D eigenvalue weighted by Gasteiger charge is -2.07. The van der Waals surface area contributed by atoms with Gasteiger partial charge in [-0.2, -0.15) is 5.10 Å². The highest BCUT2D eigenvalue weighted by Crippen LogP contribution is 2.29. The van der Waals surface area contributed by atoms with E-state index in [9.17, 15) is 9.59 Å². The minimum atomic E-state index is -0.384. The fourth-order valence-electron chi connectivity index (χ4n) is 3.28. The monoisotopic (exact) mass is 411 g/mol. The first-order valence-corrected chi connectivity index (χ1v) is 9.51. The van der Waals surface area contributed by atoms with Crippen LogP contribution in [0.5, 0.6) is 0 Å². The zero-order valence-corrected chi connectivity index (χ0v) is 16.7. The lowest BCUT2D eigenvalue weighted by molar-refractivity contribution is -0.140. The van der Waals surface area contributed by atoms with Crippen molar-refractivity contribution in [3.8, 4) is 11.1 Å². The number of halogens is 1. The highest BCUT2D eigenvalue weighted by atomic mass is 35.5. The number of carbonyl (C=O) groups is 1. The molecule has 0 atom stereocenters. The summed E-state index contributed by atoms with van der Waals surface area (Å²) in [6.45, 7) is 2.22. The molecule has 0 amide bonds. The van der Waals surface area contributed by atoms with Crippen LogP contribution >= 0.6 is 11.6 Å². The van der Waals surface area contributed by atoms with Crippen LogP contribution in [0.3, 0.4) is 0 Å². The smallest absolute Gasteiger partial charge is 0.307 e. The summed E-state index contributed by atoms with van der Waals surface area (Å²) in [5.41, 5.74) is 3.64. The molecule has 1 aromatic carbocycles. The van der Waals surface area contributed by atoms with E-state index in [1.54, 1.807) is 16.8 Å². The van der Waals surface area contributed by atoms with Crippen LogP contribution in [0.1, 0.15) is 19.0 Å². The Morgan fingerprint density at radius 1 is 1.17 bits per heavy atom. The molecule has 4 aromatic rings. The third-order valence-corrected chi connectivity index (χ3v) is 5.03. The number of nitrogens with zero attached hydrogens (tertiary/aromatic N) is 5. The number of hydrogen-bond donors (Lipinski definition) is 0. The van der Waals surface area contributed by atoms with Gasteiger partial charge in [0.1, 0.15) is 5.52 Å². The maximum Gasteiger partial charge on any atom is 0.307 e. The molecular weight excluding hydrogens is 394 g/mol. The molecule has 8 nitrogen and oxygen atoms in total. The number of pyridine rings is 1. The fraction of sp³-hybridized carbons (Fsp3) is 0.250. The van der Waals surface area contributed by atoms with Crippen molar-refractivity contribution in [3.05, 3.63) is 57.6 Å². The topological polar surface area (TPSA) is 91.4 Å². The van der Waals surface area contributed by atoms with Gasteiger partial charge in [0.15, 0.2) is 11.2 Å². The number of ether oxygens (including phenoxy) is 1. The van der Waals surface area contributed by atoms with Crippen LogP contribution in [0, 0.1) is 0 Å². The number of esters is 1. The normalized spacial score (nSPS) is 11.3. The van der Waals surface area contributed by atoms with Gasteiger partial charge in [0.05, 0.1) is 24.8 Å². The average molecular weight is 412 g/mol. The van der Waals surface area contributed by atoms with E-state index in [4.69, 9.17) is 11.6 Å². The van der Waals surface area contributed by atoms with Crippen LogP contribution in [0.25, 0.3) is 27.8 Å². The van der Waals surface area contributed by atoms with Gasteiger partial charge in [-0.05, 0) is 30.2 Å². The van der Waals surface area contributed by atoms with Gasteiger partial charge in [-0.1, -0.05) is 30.7 Å². The molecule has 0 aliphatic rings. The first-order chi connectivity index (χ1) is 14.0. The molecule has 4 rings (SSSR count). The largest absolute Gasteiger partial charge is 0.469 e. The molecule has 0 aliphatic heterocycles. The third-order valence-electron chi connectivity index (χ3n) is 4.78. The number of fused-ring (bicyclic) bond motifs is 3.